The first kappa shape index (κ1) is 14.3. The van der Waals surface area contributed by atoms with Gasteiger partial charge in [-0.05, 0) is 18.2 Å². The molecule has 0 saturated carbocycles. The van der Waals surface area contributed by atoms with Gasteiger partial charge in [-0.3, -0.25) is 5.41 Å². The second-order valence-corrected chi connectivity index (χ2v) is 6.02. The van der Waals surface area contributed by atoms with Crippen molar-refractivity contribution in [3.05, 3.63) is 23.8 Å². The minimum Gasteiger partial charge on any atom is -0.493 e. The molecule has 0 aromatic heterocycles. The van der Waals surface area contributed by atoms with Crippen molar-refractivity contribution in [2.24, 2.45) is 5.73 Å². The Morgan fingerprint density at radius 2 is 2.06 bits per heavy atom. The van der Waals surface area contributed by atoms with E-state index >= 15 is 0 Å². The van der Waals surface area contributed by atoms with Gasteiger partial charge in [-0.15, -0.1) is 0 Å². The van der Waals surface area contributed by atoms with Crippen LogP contribution < -0.4 is 15.2 Å². The molecule has 0 heterocycles. The molecule has 0 aliphatic heterocycles. The first-order chi connectivity index (χ1) is 8.33. The quantitative estimate of drug-likeness (QED) is 0.576. The van der Waals surface area contributed by atoms with Crippen LogP contribution in [0.25, 0.3) is 0 Å². The first-order valence-corrected chi connectivity index (χ1v) is 7.22. The molecule has 100 valence electrons. The number of ether oxygens (including phenoxy) is 2. The predicted octanol–water partition coefficient (Wildman–Crippen LogP) is 0.403. The van der Waals surface area contributed by atoms with E-state index in [0.29, 0.717) is 17.1 Å². The number of benzene rings is 1. The molecule has 0 saturated heterocycles. The Hall–Kier alpha value is -1.76. The van der Waals surface area contributed by atoms with Crippen LogP contribution in [0.3, 0.4) is 0 Å². The molecule has 1 aromatic rings. The lowest BCUT2D eigenvalue weighted by Crippen LogP contribution is -2.13. The molecule has 0 atom stereocenters. The molecule has 1 aromatic carbocycles. The molecule has 7 heteroatoms. The Labute approximate surface area is 106 Å². The Kier molecular flexibility index (Phi) is 4.55. The molecule has 0 aliphatic rings. The third-order valence-corrected chi connectivity index (χ3v) is 3.09. The van der Waals surface area contributed by atoms with E-state index in [1.165, 1.54) is 7.11 Å². The summed E-state index contributed by atoms with van der Waals surface area (Å²) in [5.74, 6) is 0.697. The molecule has 0 bridgehead atoms. The van der Waals surface area contributed by atoms with E-state index in [9.17, 15) is 8.42 Å². The van der Waals surface area contributed by atoms with Crippen LogP contribution in [0, 0.1) is 5.41 Å². The number of methoxy groups -OCH3 is 1. The van der Waals surface area contributed by atoms with E-state index in [0.717, 1.165) is 6.26 Å². The minimum absolute atomic E-state index is 0.0502. The van der Waals surface area contributed by atoms with Gasteiger partial charge < -0.3 is 15.2 Å². The van der Waals surface area contributed by atoms with Crippen molar-refractivity contribution in [1.29, 1.82) is 5.41 Å². The van der Waals surface area contributed by atoms with Crippen LogP contribution in [-0.2, 0) is 9.84 Å². The number of nitrogens with two attached hydrogens (primary N) is 1. The highest BCUT2D eigenvalue weighted by molar-refractivity contribution is 7.90. The molecule has 6 nitrogen and oxygen atoms in total. The van der Waals surface area contributed by atoms with Gasteiger partial charge >= 0.3 is 0 Å². The fourth-order valence-corrected chi connectivity index (χ4v) is 1.64. The molecule has 0 unspecified atom stereocenters. The van der Waals surface area contributed by atoms with Crippen LogP contribution in [0.15, 0.2) is 18.2 Å². The Morgan fingerprint density at radius 1 is 1.39 bits per heavy atom. The third-order valence-electron chi connectivity index (χ3n) is 2.19. The average Bonchev–Trinajstić information content (AvgIpc) is 2.27. The maximum Gasteiger partial charge on any atom is 0.161 e. The van der Waals surface area contributed by atoms with Crippen LogP contribution in [0.5, 0.6) is 11.5 Å². The fourth-order valence-electron chi connectivity index (χ4n) is 1.26. The van der Waals surface area contributed by atoms with Crippen molar-refractivity contribution in [1.82, 2.24) is 0 Å². The monoisotopic (exact) mass is 272 g/mol. The van der Waals surface area contributed by atoms with E-state index < -0.39 is 9.84 Å². The maximum atomic E-state index is 11.0. The zero-order chi connectivity index (χ0) is 13.8. The van der Waals surface area contributed by atoms with E-state index in [2.05, 4.69) is 0 Å². The number of nitrogen functional groups attached to an aromatic ring is 1. The van der Waals surface area contributed by atoms with Crippen molar-refractivity contribution < 1.29 is 17.9 Å². The summed E-state index contributed by atoms with van der Waals surface area (Å²) in [5, 5.41) is 7.30. The van der Waals surface area contributed by atoms with Gasteiger partial charge in [0.15, 0.2) is 21.3 Å². The van der Waals surface area contributed by atoms with Crippen molar-refractivity contribution >= 4 is 15.7 Å². The summed E-state index contributed by atoms with van der Waals surface area (Å²) in [7, 11) is -1.59. The van der Waals surface area contributed by atoms with Crippen LogP contribution in [-0.4, -0.2) is 40.0 Å². The van der Waals surface area contributed by atoms with Crippen LogP contribution in [0.4, 0.5) is 0 Å². The zero-order valence-corrected chi connectivity index (χ0v) is 11.1. The van der Waals surface area contributed by atoms with Gasteiger partial charge in [-0.2, -0.15) is 0 Å². The molecule has 0 amide bonds. The van der Waals surface area contributed by atoms with Gasteiger partial charge in [0.2, 0.25) is 0 Å². The molecule has 0 spiro atoms. The third kappa shape index (κ3) is 4.25. The molecular weight excluding hydrogens is 256 g/mol. The summed E-state index contributed by atoms with van der Waals surface area (Å²) >= 11 is 0. The summed E-state index contributed by atoms with van der Waals surface area (Å²) in [6, 6.07) is 4.77. The highest BCUT2D eigenvalue weighted by Crippen LogP contribution is 2.27. The smallest absolute Gasteiger partial charge is 0.161 e. The number of hydrogen-bond acceptors (Lipinski definition) is 5. The largest absolute Gasteiger partial charge is 0.493 e. The average molecular weight is 272 g/mol. The number of hydrogen-bond donors (Lipinski definition) is 2. The van der Waals surface area contributed by atoms with Crippen molar-refractivity contribution in [2.75, 3.05) is 25.7 Å². The SMILES string of the molecule is COc1cc(C(=N)N)ccc1OCCS(C)(=O)=O. The van der Waals surface area contributed by atoms with E-state index in [-0.39, 0.29) is 18.2 Å². The number of rotatable bonds is 6. The molecular formula is C11H16N2O4S. The zero-order valence-electron chi connectivity index (χ0n) is 10.3. The second kappa shape index (κ2) is 5.72. The topological polar surface area (TPSA) is 102 Å². The number of amidine groups is 1. The van der Waals surface area contributed by atoms with Gasteiger partial charge in [0.25, 0.3) is 0 Å². The Balaban J connectivity index is 2.80. The van der Waals surface area contributed by atoms with Crippen molar-refractivity contribution in [2.45, 2.75) is 0 Å². The normalized spacial score (nSPS) is 11.0. The molecule has 1 rings (SSSR count). The van der Waals surface area contributed by atoms with Gasteiger partial charge in [-0.25, -0.2) is 8.42 Å². The minimum atomic E-state index is -3.06. The van der Waals surface area contributed by atoms with Crippen LogP contribution in [0.2, 0.25) is 0 Å². The Bertz CT molecular complexity index is 540. The standard InChI is InChI=1S/C11H16N2O4S/c1-16-10-7-8(11(12)13)3-4-9(10)17-5-6-18(2,14)15/h3-4,7H,5-6H2,1-2H3,(H3,12,13). The molecule has 3 N–H and O–H groups in total. The van der Waals surface area contributed by atoms with Crippen LogP contribution in [0.1, 0.15) is 5.56 Å². The van der Waals surface area contributed by atoms with Gasteiger partial charge in [0.05, 0.1) is 12.9 Å². The summed E-state index contributed by atoms with van der Waals surface area (Å²) in [5.41, 5.74) is 5.87. The predicted molar refractivity (Wildman–Crippen MR) is 69.2 cm³/mol. The highest BCUT2D eigenvalue weighted by atomic mass is 32.2. The Morgan fingerprint density at radius 3 is 2.56 bits per heavy atom. The van der Waals surface area contributed by atoms with Gasteiger partial charge in [0, 0.05) is 11.8 Å². The van der Waals surface area contributed by atoms with E-state index in [1.54, 1.807) is 18.2 Å². The second-order valence-electron chi connectivity index (χ2n) is 3.76. The molecule has 0 fully saturated rings. The van der Waals surface area contributed by atoms with E-state index in [1.807, 2.05) is 0 Å². The summed E-state index contributed by atoms with van der Waals surface area (Å²) < 4.78 is 32.3. The van der Waals surface area contributed by atoms with E-state index in [4.69, 9.17) is 20.6 Å². The molecule has 0 radical (unpaired) electrons. The van der Waals surface area contributed by atoms with Gasteiger partial charge in [0.1, 0.15) is 12.4 Å². The lowest BCUT2D eigenvalue weighted by atomic mass is 10.2. The summed E-state index contributed by atoms with van der Waals surface area (Å²) in [6.07, 6.45) is 1.15. The molecule has 18 heavy (non-hydrogen) atoms. The van der Waals surface area contributed by atoms with Crippen LogP contribution >= 0.6 is 0 Å². The summed E-state index contributed by atoms with van der Waals surface area (Å²) in [6.45, 7) is 0.0502. The number of nitrogens with one attached hydrogen (secondary N) is 1. The fraction of sp³-hybridized carbons (Fsp3) is 0.364. The maximum absolute atomic E-state index is 11.0. The first-order valence-electron chi connectivity index (χ1n) is 5.16. The highest BCUT2D eigenvalue weighted by Gasteiger charge is 2.09. The van der Waals surface area contributed by atoms with Crippen molar-refractivity contribution in [3.8, 4) is 11.5 Å². The lowest BCUT2D eigenvalue weighted by molar-refractivity contribution is 0.311. The number of sulfone groups is 1. The van der Waals surface area contributed by atoms with Gasteiger partial charge in [-0.1, -0.05) is 0 Å². The lowest BCUT2D eigenvalue weighted by Gasteiger charge is -2.11. The van der Waals surface area contributed by atoms with Crippen molar-refractivity contribution in [3.63, 3.8) is 0 Å². The molecule has 0 aliphatic carbocycles. The summed E-state index contributed by atoms with van der Waals surface area (Å²) in [4.78, 5) is 0.